The van der Waals surface area contributed by atoms with Crippen LogP contribution in [0.5, 0.6) is 0 Å². The lowest BCUT2D eigenvalue weighted by Crippen LogP contribution is -2.65. The number of nitrogens with two attached hydrogens (primary N) is 1. The Morgan fingerprint density at radius 3 is 1.01 bits per heavy atom. The summed E-state index contributed by atoms with van der Waals surface area (Å²) in [5.74, 6) is 1.38. The van der Waals surface area contributed by atoms with Crippen molar-refractivity contribution in [1.29, 1.82) is 0 Å². The second-order valence-electron chi connectivity index (χ2n) is 50.5. The van der Waals surface area contributed by atoms with E-state index in [0.717, 1.165) is 299 Å². The van der Waals surface area contributed by atoms with Gasteiger partial charge in [0.15, 0.2) is 0 Å². The summed E-state index contributed by atoms with van der Waals surface area (Å²) < 4.78 is 0. The number of amides is 7. The van der Waals surface area contributed by atoms with E-state index in [1.54, 1.807) is 0 Å². The van der Waals surface area contributed by atoms with Crippen LogP contribution in [0.4, 0.5) is 0 Å². The molecule has 0 atom stereocenters. The summed E-state index contributed by atoms with van der Waals surface area (Å²) >= 11 is 0. The number of hydrogen-bond donors (Lipinski definition) is 10. The molecular formula is C114H225N27O7. The summed E-state index contributed by atoms with van der Waals surface area (Å²) in [6.45, 7) is 64.0. The monoisotopic (exact) mass is 2080 g/mol. The van der Waals surface area contributed by atoms with Crippen molar-refractivity contribution in [2.45, 2.75) is 345 Å². The fourth-order valence-electron chi connectivity index (χ4n) is 23.9. The fraction of sp³-hybridized carbons (Fsp3) is 0.886. The minimum absolute atomic E-state index is 0.0731. The number of benzene rings is 1. The minimum atomic E-state index is -0.472. The van der Waals surface area contributed by atoms with Crippen molar-refractivity contribution in [2.24, 2.45) is 11.1 Å². The van der Waals surface area contributed by atoms with Crippen molar-refractivity contribution in [3.63, 3.8) is 0 Å². The number of rotatable bonds is 36. The Morgan fingerprint density at radius 2 is 0.662 bits per heavy atom. The molecule has 1 aromatic carbocycles. The second kappa shape index (κ2) is 63.2. The molecular weight excluding hydrogens is 1860 g/mol. The molecule has 11 saturated heterocycles. The van der Waals surface area contributed by atoms with Crippen molar-refractivity contribution < 1.29 is 33.6 Å². The summed E-state index contributed by atoms with van der Waals surface area (Å²) in [6, 6.07) is 14.0. The lowest BCUT2D eigenvalue weighted by Gasteiger charge is -2.46. The molecule has 0 radical (unpaired) electrons. The molecule has 11 N–H and O–H groups in total. The number of piperidine rings is 9. The van der Waals surface area contributed by atoms with E-state index in [0.29, 0.717) is 85.2 Å². The van der Waals surface area contributed by atoms with E-state index in [-0.39, 0.29) is 56.7 Å². The van der Waals surface area contributed by atoms with Crippen LogP contribution >= 0.6 is 0 Å². The average molecular weight is 2090 g/mol. The molecule has 11 aliphatic heterocycles. The minimum Gasteiger partial charge on any atom is -0.368 e. The molecule has 0 unspecified atom stereocenters. The Hall–Kier alpha value is -5.29. The highest BCUT2D eigenvalue weighted by atomic mass is 16.2. The van der Waals surface area contributed by atoms with E-state index in [1.807, 2.05) is 51.8 Å². The van der Waals surface area contributed by atoms with Crippen LogP contribution in [-0.2, 0) is 40.1 Å². The predicted octanol–water partition coefficient (Wildman–Crippen LogP) is 6.40. The summed E-state index contributed by atoms with van der Waals surface area (Å²) in [7, 11) is 33.3. The molecule has 12 rings (SSSR count). The van der Waals surface area contributed by atoms with Crippen LogP contribution in [-0.4, -0.2) is 527 Å². The molecule has 1 aromatic rings. The van der Waals surface area contributed by atoms with Crippen LogP contribution in [0.2, 0.25) is 0 Å². The van der Waals surface area contributed by atoms with Crippen molar-refractivity contribution in [3.05, 3.63) is 35.9 Å². The highest BCUT2D eigenvalue weighted by Crippen LogP contribution is 2.35. The van der Waals surface area contributed by atoms with Gasteiger partial charge in [-0.1, -0.05) is 44.2 Å². The lowest BCUT2D eigenvalue weighted by atomic mass is 9.84. The topological polar surface area (TPSA) is 309 Å². The Bertz CT molecular complexity index is 3900. The molecule has 0 bridgehead atoms. The van der Waals surface area contributed by atoms with Gasteiger partial charge in [-0.3, -0.25) is 38.5 Å². The van der Waals surface area contributed by atoms with Crippen LogP contribution < -0.4 is 53.6 Å². The van der Waals surface area contributed by atoms with Gasteiger partial charge < -0.3 is 132 Å². The molecule has 0 saturated carbocycles. The zero-order chi connectivity index (χ0) is 110. The van der Waals surface area contributed by atoms with Gasteiger partial charge in [-0.2, -0.15) is 0 Å². The molecule has 34 nitrogen and oxygen atoms in total. The average Bonchev–Trinajstić information content (AvgIpc) is 1.04. The van der Waals surface area contributed by atoms with E-state index in [4.69, 9.17) is 5.73 Å². The molecule has 148 heavy (non-hydrogen) atoms. The van der Waals surface area contributed by atoms with Gasteiger partial charge in [-0.05, 0) is 374 Å². The summed E-state index contributed by atoms with van der Waals surface area (Å²) in [5, 5.41) is 31.1. The lowest BCUT2D eigenvalue weighted by molar-refractivity contribution is -0.143. The summed E-state index contributed by atoms with van der Waals surface area (Å²) in [5.41, 5.74) is 4.20. The number of carbonyl (C=O) groups is 7. The second-order valence-corrected chi connectivity index (χ2v) is 50.5. The summed E-state index contributed by atoms with van der Waals surface area (Å²) in [6.07, 6.45) is 20.7. The maximum atomic E-state index is 13.4. The van der Waals surface area contributed by atoms with Gasteiger partial charge in [0.2, 0.25) is 41.4 Å². The van der Waals surface area contributed by atoms with Gasteiger partial charge in [0.05, 0.1) is 0 Å². The van der Waals surface area contributed by atoms with Crippen LogP contribution in [0, 0.1) is 5.41 Å². The van der Waals surface area contributed by atoms with Crippen molar-refractivity contribution in [1.82, 2.24) is 131 Å². The molecule has 0 aliphatic carbocycles. The first-order chi connectivity index (χ1) is 69.5. The van der Waals surface area contributed by atoms with Crippen molar-refractivity contribution >= 4 is 41.4 Å². The van der Waals surface area contributed by atoms with E-state index in [1.165, 1.54) is 31.5 Å². The van der Waals surface area contributed by atoms with E-state index < -0.39 is 11.1 Å². The highest BCUT2D eigenvalue weighted by Gasteiger charge is 2.51. The van der Waals surface area contributed by atoms with Crippen LogP contribution in [0.1, 0.15) is 251 Å². The number of likely N-dealkylation sites (tertiary alicyclic amines) is 10. The Balaban J connectivity index is 0.000000265. The molecule has 858 valence electrons. The molecule has 11 fully saturated rings. The quantitative estimate of drug-likeness (QED) is 0.0347. The largest absolute Gasteiger partial charge is 0.368 e. The molecule has 11 heterocycles. The smallest absolute Gasteiger partial charge is 0.243 e. The Morgan fingerprint density at radius 1 is 0.351 bits per heavy atom. The van der Waals surface area contributed by atoms with Crippen LogP contribution in [0.3, 0.4) is 0 Å². The Labute approximate surface area is 902 Å². The molecule has 0 spiro atoms. The highest BCUT2D eigenvalue weighted by molar-refractivity contribution is 5.90. The van der Waals surface area contributed by atoms with Gasteiger partial charge in [-0.15, -0.1) is 0 Å². The maximum Gasteiger partial charge on any atom is 0.243 e. The Kier molecular flexibility index (Phi) is 56.1. The zero-order valence-electron chi connectivity index (χ0n) is 100. The number of hydrogen-bond acceptors (Lipinski definition) is 27. The van der Waals surface area contributed by atoms with Crippen molar-refractivity contribution in [2.75, 3.05) is 309 Å². The third kappa shape index (κ3) is 43.3. The molecule has 11 aliphatic rings. The number of piperazine rings is 1. The van der Waals surface area contributed by atoms with Gasteiger partial charge in [0, 0.05) is 239 Å². The van der Waals surface area contributed by atoms with Gasteiger partial charge in [-0.25, -0.2) is 0 Å². The number of nitrogens with zero attached hydrogens (tertiary/aromatic N) is 17. The third-order valence-corrected chi connectivity index (χ3v) is 32.5. The predicted molar refractivity (Wildman–Crippen MR) is 613 cm³/mol. The van der Waals surface area contributed by atoms with Gasteiger partial charge in [0.25, 0.3) is 0 Å². The first kappa shape index (κ1) is 131. The van der Waals surface area contributed by atoms with Crippen molar-refractivity contribution in [3.8, 4) is 0 Å². The van der Waals surface area contributed by atoms with E-state index in [9.17, 15) is 33.6 Å². The van der Waals surface area contributed by atoms with E-state index in [2.05, 4.69) is 333 Å². The first-order valence-electron chi connectivity index (χ1n) is 57.8. The normalized spacial score (nSPS) is 22.3. The molecule has 0 aromatic heterocycles. The van der Waals surface area contributed by atoms with Crippen LogP contribution in [0.15, 0.2) is 30.3 Å². The zero-order valence-corrected chi connectivity index (χ0v) is 100. The molecule has 7 amide bonds. The third-order valence-electron chi connectivity index (χ3n) is 32.5. The fourth-order valence-corrected chi connectivity index (χ4v) is 23.9. The van der Waals surface area contributed by atoms with Crippen LogP contribution in [0.25, 0.3) is 0 Å². The summed E-state index contributed by atoms with van der Waals surface area (Å²) in [4.78, 5) is 128. The van der Waals surface area contributed by atoms with Gasteiger partial charge in [0.1, 0.15) is 38.8 Å². The number of primary amides is 1. The van der Waals surface area contributed by atoms with E-state index >= 15 is 0 Å². The SMILES string of the molecule is CC(C)NC1(C(=O)N(C)C2CCN(C)CC2)CCN(C)CC1.CC(C)NC1(C(=O)N(C)CCCN(C)C)CCN(C)CC1.CC(C)NC1(C(=O)N2CCC(N3CCCC3)CC2)CCN(C)CC1.CC(C)NC1(C(=O)N2CCN(Cc3ccccc3)CC2)CCN(C)CC1.CC(C)NC1(C(=O)NCC(C)(C)CN(C)C)CCN(C)CC1.CC(C)NC1(C(=O)NCCN(C)C)CCN(C)CC1.CC(C)NC1(C(N)=O)CCN(C)CC1. The number of carbonyl (C=O) groups excluding carboxylic acids is 7. The number of nitrogens with one attached hydrogen (secondary N) is 9. The first-order valence-corrected chi connectivity index (χ1v) is 57.8. The maximum absolute atomic E-state index is 13.4. The number of likely N-dealkylation sites (N-methyl/N-ethyl adjacent to an activating group) is 3. The standard InChI is InChI=1S/C21H34N4O.C19H36N4O.C17H34N4O.C17H36N4O.C16H34N4O.C14H30N4O.C10H21N3O/c1-18(2)22-21(9-11-23(3)12-10-21)20(26)25-15-13-24(14-16-25)17-19-7-5-4-6-8-19;1-16(2)20-19(8-14-21(3)15-9-19)18(24)23-12-6-17(7-13-23)22-10-4-5-11-22;1-14(2)18-17(8-12-20(4)13-9-17)16(22)21(5)15-6-10-19(3)11-7-15;1-14(2)19-17(8-10-21(7)11-9-17)15(22)18-12-16(3,4)13-20(5)6;1-14(2)17-16(8-12-19(5)13-9-16)15(21)20(6)11-7-10-18(3)4;1-12(2)16-14(6-9-18(5)10-7-14)13(19)15-8-11-17(3)4;1-8(2)12-10(9(11)14)4-6-13(3)7-5-10/h4-8,18,22H,9-17H2,1-3H3;16-17,20H,4-15H2,1-3H3;14-15,18H,6-13H2,1-5H3;14,19H,8-13H2,1-7H3,(H,18,22);14,17H,7-13H2,1-6H3;12,16H,6-11H2,1-5H3,(H,15,19);8,12H,4-7H2,1-3H3,(H2,11,14). The van der Waals surface area contributed by atoms with Gasteiger partial charge >= 0.3 is 0 Å². The molecule has 34 heteroatoms.